The monoisotopic (exact) mass is 275 g/mol. The number of aliphatic imine (C=N–C) groups is 1. The van der Waals surface area contributed by atoms with Gasteiger partial charge < -0.3 is 4.74 Å². The van der Waals surface area contributed by atoms with Crippen molar-refractivity contribution in [2.45, 2.75) is 0 Å². The highest BCUT2D eigenvalue weighted by Gasteiger charge is 2.02. The van der Waals surface area contributed by atoms with Crippen molar-refractivity contribution in [2.75, 3.05) is 0 Å². The first kappa shape index (κ1) is 13.1. The summed E-state index contributed by atoms with van der Waals surface area (Å²) in [6.45, 7) is 0. The van der Waals surface area contributed by atoms with Crippen LogP contribution in [0.5, 0.6) is 5.75 Å². The third-order valence-electron chi connectivity index (χ3n) is 3.04. The molecule has 0 fully saturated rings. The molecule has 0 atom stereocenters. The molecule has 0 N–H and O–H groups in total. The maximum atomic E-state index is 11.8. The van der Waals surface area contributed by atoms with E-state index in [1.807, 2.05) is 60.7 Å². The van der Waals surface area contributed by atoms with Gasteiger partial charge in [-0.3, -0.25) is 0 Å². The van der Waals surface area contributed by atoms with E-state index in [0.29, 0.717) is 5.75 Å². The molecule has 3 nitrogen and oxygen atoms in total. The number of fused-ring (bicyclic) bond motifs is 1. The van der Waals surface area contributed by atoms with Crippen LogP contribution in [0.1, 0.15) is 0 Å². The largest absolute Gasteiger partial charge is 0.422 e. The van der Waals surface area contributed by atoms with E-state index in [4.69, 9.17) is 4.74 Å². The van der Waals surface area contributed by atoms with Crippen molar-refractivity contribution in [3.63, 3.8) is 0 Å². The first-order chi connectivity index (χ1) is 10.3. The Morgan fingerprint density at radius 2 is 1.57 bits per heavy atom. The van der Waals surface area contributed by atoms with Gasteiger partial charge in [0.15, 0.2) is 0 Å². The molecule has 0 saturated heterocycles. The Kier molecular flexibility index (Phi) is 3.74. The molecular formula is C18H13NO2. The zero-order chi connectivity index (χ0) is 14.5. The van der Waals surface area contributed by atoms with Crippen molar-refractivity contribution < 1.29 is 9.53 Å². The smallest absolute Gasteiger partial charge is 0.354 e. The van der Waals surface area contributed by atoms with Gasteiger partial charge in [0.1, 0.15) is 12.0 Å². The summed E-state index contributed by atoms with van der Waals surface area (Å²) < 4.78 is 5.16. The van der Waals surface area contributed by atoms with Gasteiger partial charge in [-0.2, -0.15) is 0 Å². The molecule has 0 heterocycles. The van der Waals surface area contributed by atoms with Crippen molar-refractivity contribution in [3.8, 4) is 5.75 Å². The van der Waals surface area contributed by atoms with E-state index >= 15 is 0 Å². The molecule has 0 saturated carbocycles. The number of rotatable bonds is 3. The molecule has 0 aliphatic rings. The number of hydrogen-bond donors (Lipinski definition) is 0. The standard InChI is InChI=1S/C18H13NO2/c20-18(21-15-9-2-1-3-10-15)13-19-17-12-6-8-14-7-4-5-11-16(14)17/h1-13H. The lowest BCUT2D eigenvalue weighted by molar-refractivity contribution is -0.126. The molecule has 0 unspecified atom stereocenters. The van der Waals surface area contributed by atoms with Gasteiger partial charge in [0.2, 0.25) is 0 Å². The minimum absolute atomic E-state index is 0.492. The zero-order valence-electron chi connectivity index (χ0n) is 11.3. The average molecular weight is 275 g/mol. The molecule has 3 aromatic rings. The molecule has 21 heavy (non-hydrogen) atoms. The Hall–Kier alpha value is -2.94. The third kappa shape index (κ3) is 3.15. The van der Waals surface area contributed by atoms with E-state index in [2.05, 4.69) is 4.99 Å². The Labute approximate surface area is 122 Å². The van der Waals surface area contributed by atoms with Crippen LogP contribution in [0.3, 0.4) is 0 Å². The second-order valence-electron chi connectivity index (χ2n) is 4.49. The average Bonchev–Trinajstić information content (AvgIpc) is 2.54. The summed E-state index contributed by atoms with van der Waals surface area (Å²) in [7, 11) is 0. The van der Waals surface area contributed by atoms with Crippen molar-refractivity contribution in [2.24, 2.45) is 4.99 Å². The topological polar surface area (TPSA) is 38.7 Å². The minimum Gasteiger partial charge on any atom is -0.422 e. The Balaban J connectivity index is 1.80. The maximum absolute atomic E-state index is 11.8. The van der Waals surface area contributed by atoms with E-state index in [1.54, 1.807) is 12.1 Å². The molecule has 0 bridgehead atoms. The van der Waals surface area contributed by atoms with Crippen LogP contribution in [-0.2, 0) is 4.79 Å². The molecule has 3 rings (SSSR count). The lowest BCUT2D eigenvalue weighted by Crippen LogP contribution is -2.08. The molecule has 0 aromatic heterocycles. The molecule has 3 heteroatoms. The molecule has 102 valence electrons. The molecule has 0 aliphatic carbocycles. The number of nitrogens with zero attached hydrogens (tertiary/aromatic N) is 1. The third-order valence-corrected chi connectivity index (χ3v) is 3.04. The number of hydrogen-bond acceptors (Lipinski definition) is 3. The number of para-hydroxylation sites is 1. The predicted molar refractivity (Wildman–Crippen MR) is 84.2 cm³/mol. The fourth-order valence-corrected chi connectivity index (χ4v) is 2.07. The van der Waals surface area contributed by atoms with Crippen molar-refractivity contribution >= 4 is 28.6 Å². The van der Waals surface area contributed by atoms with Crippen LogP contribution in [0, 0.1) is 0 Å². The van der Waals surface area contributed by atoms with Crippen molar-refractivity contribution in [3.05, 3.63) is 72.8 Å². The molecule has 0 aliphatic heterocycles. The second kappa shape index (κ2) is 6.01. The summed E-state index contributed by atoms with van der Waals surface area (Å²) >= 11 is 0. The number of esters is 1. The fourth-order valence-electron chi connectivity index (χ4n) is 2.07. The quantitative estimate of drug-likeness (QED) is 0.409. The van der Waals surface area contributed by atoms with E-state index in [1.165, 1.54) is 6.21 Å². The first-order valence-electron chi connectivity index (χ1n) is 6.61. The van der Waals surface area contributed by atoms with Crippen LogP contribution in [0.15, 0.2) is 77.8 Å². The Morgan fingerprint density at radius 3 is 2.43 bits per heavy atom. The Bertz CT molecular complexity index is 789. The van der Waals surface area contributed by atoms with Gasteiger partial charge in [0, 0.05) is 5.39 Å². The van der Waals surface area contributed by atoms with Crippen LogP contribution in [0.2, 0.25) is 0 Å². The summed E-state index contributed by atoms with van der Waals surface area (Å²) in [6.07, 6.45) is 1.20. The van der Waals surface area contributed by atoms with Gasteiger partial charge >= 0.3 is 5.97 Å². The second-order valence-corrected chi connectivity index (χ2v) is 4.49. The normalized spacial score (nSPS) is 10.9. The number of benzene rings is 3. The molecule has 0 radical (unpaired) electrons. The summed E-state index contributed by atoms with van der Waals surface area (Å²) in [5.41, 5.74) is 0.748. The van der Waals surface area contributed by atoms with Gasteiger partial charge in [-0.15, -0.1) is 0 Å². The molecular weight excluding hydrogens is 262 g/mol. The van der Waals surface area contributed by atoms with Gasteiger partial charge in [-0.05, 0) is 23.6 Å². The SMILES string of the molecule is O=C(C=Nc1cccc2ccccc12)Oc1ccccc1. The molecule has 3 aromatic carbocycles. The zero-order valence-corrected chi connectivity index (χ0v) is 11.3. The van der Waals surface area contributed by atoms with E-state index in [0.717, 1.165) is 16.5 Å². The van der Waals surface area contributed by atoms with E-state index < -0.39 is 5.97 Å². The number of carbonyl (C=O) groups excluding carboxylic acids is 1. The number of carbonyl (C=O) groups is 1. The fraction of sp³-hybridized carbons (Fsp3) is 0. The predicted octanol–water partition coefficient (Wildman–Crippen LogP) is 4.15. The first-order valence-corrected chi connectivity index (χ1v) is 6.61. The summed E-state index contributed by atoms with van der Waals surface area (Å²) in [5.74, 6) is 0.0148. The van der Waals surface area contributed by atoms with Crippen molar-refractivity contribution in [1.82, 2.24) is 0 Å². The lowest BCUT2D eigenvalue weighted by atomic mass is 10.1. The van der Waals surface area contributed by atoms with Gasteiger partial charge in [0.05, 0.1) is 5.69 Å². The van der Waals surface area contributed by atoms with Crippen molar-refractivity contribution in [1.29, 1.82) is 0 Å². The Morgan fingerprint density at radius 1 is 0.857 bits per heavy atom. The highest BCUT2D eigenvalue weighted by molar-refractivity contribution is 6.24. The molecule has 0 amide bonds. The lowest BCUT2D eigenvalue weighted by Gasteiger charge is -2.02. The summed E-state index contributed by atoms with van der Waals surface area (Å²) in [4.78, 5) is 16.0. The van der Waals surface area contributed by atoms with Crippen LogP contribution in [0.4, 0.5) is 5.69 Å². The van der Waals surface area contributed by atoms with E-state index in [9.17, 15) is 4.79 Å². The highest BCUT2D eigenvalue weighted by Crippen LogP contribution is 2.25. The maximum Gasteiger partial charge on any atom is 0.354 e. The molecule has 0 spiro atoms. The van der Waals surface area contributed by atoms with Gasteiger partial charge in [-0.1, -0.05) is 54.6 Å². The van der Waals surface area contributed by atoms with Gasteiger partial charge in [-0.25, -0.2) is 9.79 Å². The van der Waals surface area contributed by atoms with Crippen LogP contribution >= 0.6 is 0 Å². The minimum atomic E-state index is -0.492. The van der Waals surface area contributed by atoms with E-state index in [-0.39, 0.29) is 0 Å². The van der Waals surface area contributed by atoms with Gasteiger partial charge in [0.25, 0.3) is 0 Å². The highest BCUT2D eigenvalue weighted by atomic mass is 16.5. The summed E-state index contributed by atoms with van der Waals surface area (Å²) in [6, 6.07) is 22.6. The van der Waals surface area contributed by atoms with Crippen LogP contribution in [-0.4, -0.2) is 12.2 Å². The van der Waals surface area contributed by atoms with Crippen LogP contribution in [0.25, 0.3) is 10.8 Å². The summed E-state index contributed by atoms with van der Waals surface area (Å²) in [5, 5.41) is 2.09. The number of ether oxygens (including phenoxy) is 1. The van der Waals surface area contributed by atoms with Crippen LogP contribution < -0.4 is 4.74 Å².